The summed E-state index contributed by atoms with van der Waals surface area (Å²) in [6.45, 7) is 0.290. The van der Waals surface area contributed by atoms with Crippen molar-refractivity contribution in [3.05, 3.63) is 35.4 Å². The molecule has 0 saturated carbocycles. The first kappa shape index (κ1) is 9.13. The summed E-state index contributed by atoms with van der Waals surface area (Å²) < 4.78 is 25.9. The molecule has 66 valence electrons. The van der Waals surface area contributed by atoms with Crippen LogP contribution in [0.4, 0.5) is 8.78 Å². The summed E-state index contributed by atoms with van der Waals surface area (Å²) in [6, 6.07) is 3.90. The van der Waals surface area contributed by atoms with Crippen molar-refractivity contribution in [2.75, 3.05) is 14.1 Å². The average Bonchev–Trinajstić information content (AvgIpc) is 1.97. The fraction of sp³-hybridized carbons (Fsp3) is 0.333. The van der Waals surface area contributed by atoms with Gasteiger partial charge in [0.25, 0.3) is 0 Å². The maximum atomic E-state index is 12.9. The molecule has 0 spiro atoms. The highest BCUT2D eigenvalue weighted by Crippen LogP contribution is 2.12. The summed E-state index contributed by atoms with van der Waals surface area (Å²) >= 11 is 0. The van der Waals surface area contributed by atoms with Crippen LogP contribution in [-0.4, -0.2) is 19.0 Å². The van der Waals surface area contributed by atoms with Gasteiger partial charge in [-0.15, -0.1) is 0 Å². The van der Waals surface area contributed by atoms with E-state index in [1.807, 2.05) is 0 Å². The Kier molecular flexibility index (Phi) is 2.76. The predicted octanol–water partition coefficient (Wildman–Crippen LogP) is 2.03. The standard InChI is InChI=1S/C9H11F2N/c1-12(2)6-7-8(10)4-3-5-9(7)11/h3-5H,6H2,1-2H3. The fourth-order valence-electron chi connectivity index (χ4n) is 1.000. The third-order valence-electron chi connectivity index (χ3n) is 1.54. The summed E-state index contributed by atoms with van der Waals surface area (Å²) in [6.07, 6.45) is 0. The molecule has 0 aliphatic heterocycles. The molecule has 0 saturated heterocycles. The third kappa shape index (κ3) is 2.01. The Balaban J connectivity index is 2.96. The van der Waals surface area contributed by atoms with Crippen LogP contribution in [0.3, 0.4) is 0 Å². The monoisotopic (exact) mass is 171 g/mol. The molecule has 0 atom stereocenters. The minimum atomic E-state index is -0.483. The molecule has 1 aromatic carbocycles. The molecule has 0 radical (unpaired) electrons. The molecule has 0 fully saturated rings. The molecule has 12 heavy (non-hydrogen) atoms. The molecule has 0 aliphatic carbocycles. The van der Waals surface area contributed by atoms with Crippen LogP contribution in [0, 0.1) is 11.6 Å². The van der Waals surface area contributed by atoms with Crippen molar-refractivity contribution in [2.24, 2.45) is 0 Å². The van der Waals surface area contributed by atoms with Crippen molar-refractivity contribution < 1.29 is 8.78 Å². The average molecular weight is 171 g/mol. The zero-order valence-electron chi connectivity index (χ0n) is 7.14. The zero-order valence-corrected chi connectivity index (χ0v) is 7.14. The van der Waals surface area contributed by atoms with Crippen molar-refractivity contribution >= 4 is 0 Å². The number of hydrogen-bond donors (Lipinski definition) is 0. The number of hydrogen-bond acceptors (Lipinski definition) is 1. The SMILES string of the molecule is CN(C)Cc1c(F)cccc1F. The lowest BCUT2D eigenvalue weighted by Gasteiger charge is -2.10. The molecule has 0 amide bonds. The van der Waals surface area contributed by atoms with E-state index in [1.165, 1.54) is 18.2 Å². The van der Waals surface area contributed by atoms with Gasteiger partial charge < -0.3 is 4.90 Å². The van der Waals surface area contributed by atoms with Crippen LogP contribution >= 0.6 is 0 Å². The van der Waals surface area contributed by atoms with Crippen molar-refractivity contribution in [2.45, 2.75) is 6.54 Å². The van der Waals surface area contributed by atoms with Crippen LogP contribution in [0.2, 0.25) is 0 Å². The molecule has 3 heteroatoms. The molecule has 0 aliphatic rings. The predicted molar refractivity (Wildman–Crippen MR) is 43.7 cm³/mol. The summed E-state index contributed by atoms with van der Waals surface area (Å²) in [5.41, 5.74) is 0.127. The van der Waals surface area contributed by atoms with Gasteiger partial charge in [0.1, 0.15) is 11.6 Å². The smallest absolute Gasteiger partial charge is 0.130 e. The molecule has 0 heterocycles. The van der Waals surface area contributed by atoms with Gasteiger partial charge in [0.15, 0.2) is 0 Å². The molecule has 0 N–H and O–H groups in total. The van der Waals surface area contributed by atoms with Gasteiger partial charge in [-0.2, -0.15) is 0 Å². The van der Waals surface area contributed by atoms with Gasteiger partial charge in [-0.05, 0) is 26.2 Å². The number of benzene rings is 1. The van der Waals surface area contributed by atoms with E-state index < -0.39 is 11.6 Å². The largest absolute Gasteiger partial charge is 0.305 e. The lowest BCUT2D eigenvalue weighted by molar-refractivity contribution is 0.380. The molecule has 0 bridgehead atoms. The van der Waals surface area contributed by atoms with Crippen LogP contribution in [-0.2, 0) is 6.54 Å². The Morgan fingerprint density at radius 3 is 2.08 bits per heavy atom. The van der Waals surface area contributed by atoms with Crippen LogP contribution < -0.4 is 0 Å². The highest BCUT2D eigenvalue weighted by atomic mass is 19.1. The summed E-state index contributed by atoms with van der Waals surface area (Å²) in [4.78, 5) is 1.72. The van der Waals surface area contributed by atoms with Gasteiger partial charge in [0.2, 0.25) is 0 Å². The maximum Gasteiger partial charge on any atom is 0.130 e. The van der Waals surface area contributed by atoms with Crippen molar-refractivity contribution in [1.82, 2.24) is 4.90 Å². The van der Waals surface area contributed by atoms with Gasteiger partial charge in [0.05, 0.1) is 0 Å². The minimum Gasteiger partial charge on any atom is -0.305 e. The van der Waals surface area contributed by atoms with Crippen LogP contribution in [0.25, 0.3) is 0 Å². The highest BCUT2D eigenvalue weighted by Gasteiger charge is 2.07. The zero-order chi connectivity index (χ0) is 9.14. The van der Waals surface area contributed by atoms with E-state index in [2.05, 4.69) is 0 Å². The van der Waals surface area contributed by atoms with Crippen LogP contribution in [0.15, 0.2) is 18.2 Å². The molecular formula is C9H11F2N. The Hall–Kier alpha value is -0.960. The Labute approximate surface area is 70.6 Å². The van der Waals surface area contributed by atoms with Gasteiger partial charge in [-0.1, -0.05) is 6.07 Å². The summed E-state index contributed by atoms with van der Waals surface area (Å²) in [5.74, 6) is -0.965. The molecule has 1 rings (SSSR count). The Bertz CT molecular complexity index is 251. The van der Waals surface area contributed by atoms with Crippen LogP contribution in [0.5, 0.6) is 0 Å². The maximum absolute atomic E-state index is 12.9. The molecule has 1 nitrogen and oxygen atoms in total. The topological polar surface area (TPSA) is 3.24 Å². The van der Waals surface area contributed by atoms with E-state index in [0.29, 0.717) is 6.54 Å². The van der Waals surface area contributed by atoms with Crippen molar-refractivity contribution in [3.8, 4) is 0 Å². The van der Waals surface area contributed by atoms with Gasteiger partial charge in [0, 0.05) is 12.1 Å². The second-order valence-corrected chi connectivity index (χ2v) is 2.94. The normalized spacial score (nSPS) is 10.8. The fourth-order valence-corrected chi connectivity index (χ4v) is 1.000. The van der Waals surface area contributed by atoms with Crippen molar-refractivity contribution in [1.29, 1.82) is 0 Å². The van der Waals surface area contributed by atoms with Gasteiger partial charge >= 0.3 is 0 Å². The van der Waals surface area contributed by atoms with E-state index in [9.17, 15) is 8.78 Å². The first-order valence-electron chi connectivity index (χ1n) is 3.69. The first-order valence-corrected chi connectivity index (χ1v) is 3.69. The molecule has 0 unspecified atom stereocenters. The first-order chi connectivity index (χ1) is 5.61. The van der Waals surface area contributed by atoms with E-state index in [-0.39, 0.29) is 5.56 Å². The lowest BCUT2D eigenvalue weighted by Crippen LogP contribution is -2.13. The minimum absolute atomic E-state index is 0.127. The van der Waals surface area contributed by atoms with E-state index >= 15 is 0 Å². The molecule has 1 aromatic rings. The van der Waals surface area contributed by atoms with E-state index in [0.717, 1.165) is 0 Å². The third-order valence-corrected chi connectivity index (χ3v) is 1.54. The van der Waals surface area contributed by atoms with E-state index in [4.69, 9.17) is 0 Å². The highest BCUT2D eigenvalue weighted by molar-refractivity contribution is 5.19. The quantitative estimate of drug-likeness (QED) is 0.658. The van der Waals surface area contributed by atoms with Crippen molar-refractivity contribution in [3.63, 3.8) is 0 Å². The number of rotatable bonds is 2. The van der Waals surface area contributed by atoms with Gasteiger partial charge in [-0.25, -0.2) is 8.78 Å². The lowest BCUT2D eigenvalue weighted by atomic mass is 10.2. The Morgan fingerprint density at radius 2 is 1.67 bits per heavy atom. The molecule has 0 aromatic heterocycles. The second kappa shape index (κ2) is 3.63. The Morgan fingerprint density at radius 1 is 1.17 bits per heavy atom. The summed E-state index contributed by atoms with van der Waals surface area (Å²) in [7, 11) is 3.54. The van der Waals surface area contributed by atoms with Crippen LogP contribution in [0.1, 0.15) is 5.56 Å². The van der Waals surface area contributed by atoms with Gasteiger partial charge in [-0.3, -0.25) is 0 Å². The van der Waals surface area contributed by atoms with E-state index in [1.54, 1.807) is 19.0 Å². The number of nitrogens with zero attached hydrogens (tertiary/aromatic N) is 1. The number of halogens is 2. The molecular weight excluding hydrogens is 160 g/mol. The second-order valence-electron chi connectivity index (χ2n) is 2.94. The summed E-state index contributed by atoms with van der Waals surface area (Å²) in [5, 5.41) is 0.